The average Bonchev–Trinajstić information content (AvgIpc) is 3.52. The van der Waals surface area contributed by atoms with E-state index in [1.54, 1.807) is 24.3 Å². The monoisotopic (exact) mass is 519 g/mol. The lowest BCUT2D eigenvalue weighted by molar-refractivity contribution is 0.0726. The van der Waals surface area contributed by atoms with Crippen LogP contribution in [0.25, 0.3) is 10.9 Å². The Bertz CT molecular complexity index is 1590. The molecule has 182 valence electrons. The van der Waals surface area contributed by atoms with Crippen molar-refractivity contribution in [3.05, 3.63) is 101 Å². The number of ether oxygens (including phenoxy) is 1. The molecule has 10 heteroatoms. The van der Waals surface area contributed by atoms with Gasteiger partial charge in [0.25, 0.3) is 0 Å². The molecule has 36 heavy (non-hydrogen) atoms. The van der Waals surface area contributed by atoms with E-state index in [9.17, 15) is 13.7 Å². The van der Waals surface area contributed by atoms with E-state index in [0.29, 0.717) is 27.5 Å². The van der Waals surface area contributed by atoms with Gasteiger partial charge in [-0.15, -0.1) is 5.10 Å². The maximum Gasteiger partial charge on any atom is 0.240 e. The zero-order chi connectivity index (χ0) is 25.3. The molecular formula is C26H22ClN5O3S. The molecule has 2 atom stereocenters. The number of aromatic nitrogens is 1. The molecule has 8 nitrogen and oxygen atoms in total. The largest absolute Gasteiger partial charge is 0.448 e. The van der Waals surface area contributed by atoms with Gasteiger partial charge < -0.3 is 9.30 Å². The molecular weight excluding hydrogens is 498 g/mol. The Morgan fingerprint density at radius 1 is 1.11 bits per heavy atom. The average molecular weight is 520 g/mol. The number of fused-ring (bicyclic) bond motifs is 1. The maximum absolute atomic E-state index is 12.0. The van der Waals surface area contributed by atoms with Crippen LogP contribution < -0.4 is 10.1 Å². The number of nitrogens with one attached hydrogen (secondary N) is 2. The van der Waals surface area contributed by atoms with Gasteiger partial charge in [-0.1, -0.05) is 48.0 Å². The van der Waals surface area contributed by atoms with Crippen molar-refractivity contribution in [2.45, 2.75) is 18.2 Å². The Morgan fingerprint density at radius 2 is 1.86 bits per heavy atom. The third-order valence-electron chi connectivity index (χ3n) is 6.12. The molecule has 0 aliphatic carbocycles. The number of anilines is 1. The summed E-state index contributed by atoms with van der Waals surface area (Å²) in [7, 11) is -3.50. The highest BCUT2D eigenvalue weighted by Crippen LogP contribution is 2.40. The molecule has 2 unspecified atom stereocenters. The van der Waals surface area contributed by atoms with Crippen molar-refractivity contribution in [1.82, 2.24) is 9.99 Å². The molecule has 0 radical (unpaired) electrons. The minimum Gasteiger partial charge on any atom is -0.448 e. The molecule has 0 fully saturated rings. The zero-order valence-corrected chi connectivity index (χ0v) is 20.8. The van der Waals surface area contributed by atoms with Crippen LogP contribution in [0.2, 0.25) is 5.02 Å². The van der Waals surface area contributed by atoms with Crippen LogP contribution in [0.4, 0.5) is 5.69 Å². The van der Waals surface area contributed by atoms with E-state index >= 15 is 0 Å². The first kappa shape index (κ1) is 23.7. The Balaban J connectivity index is 1.69. The zero-order valence-electron chi connectivity index (χ0n) is 19.2. The van der Waals surface area contributed by atoms with Gasteiger partial charge in [-0.25, -0.2) is 8.42 Å². The van der Waals surface area contributed by atoms with Gasteiger partial charge in [0.2, 0.25) is 22.1 Å². The second-order valence-electron chi connectivity index (χ2n) is 8.47. The molecule has 0 spiro atoms. The number of benzene rings is 3. The molecule has 2 N–H and O–H groups in total. The molecule has 5 rings (SSSR count). The van der Waals surface area contributed by atoms with Crippen LogP contribution in [-0.2, 0) is 20.3 Å². The Labute approximate surface area is 213 Å². The summed E-state index contributed by atoms with van der Waals surface area (Å²) in [4.78, 5) is 0. The fourth-order valence-electron chi connectivity index (χ4n) is 4.56. The summed E-state index contributed by atoms with van der Waals surface area (Å²) in [6.07, 6.45) is 2.21. The van der Waals surface area contributed by atoms with Crippen LogP contribution in [0.3, 0.4) is 0 Å². The number of halogens is 1. The quantitative estimate of drug-likeness (QED) is 0.370. The van der Waals surface area contributed by atoms with Crippen LogP contribution in [0.5, 0.6) is 0 Å². The standard InChI is InChI=1S/C26H22ClN5O3S/c1-36(33,34)31-22-8-5-9-23-21(22)14-17-32(23)26(15-16-28,19-10-12-20(27)13-11-19)25-30-29-24(35-25)18-6-3-2-4-7-18/h2-14,17,25,30-31H,15H2,1H3. The summed E-state index contributed by atoms with van der Waals surface area (Å²) >= 11 is 6.20. The molecule has 0 saturated carbocycles. The van der Waals surface area contributed by atoms with E-state index in [1.165, 1.54) is 0 Å². The van der Waals surface area contributed by atoms with Crippen molar-refractivity contribution in [2.24, 2.45) is 5.10 Å². The molecule has 4 aromatic rings. The predicted molar refractivity (Wildman–Crippen MR) is 140 cm³/mol. The summed E-state index contributed by atoms with van der Waals surface area (Å²) in [6, 6.07) is 26.2. The third kappa shape index (κ3) is 4.26. The van der Waals surface area contributed by atoms with E-state index in [0.717, 1.165) is 17.4 Å². The Morgan fingerprint density at radius 3 is 2.56 bits per heavy atom. The summed E-state index contributed by atoms with van der Waals surface area (Å²) < 4.78 is 34.8. The minimum atomic E-state index is -3.50. The van der Waals surface area contributed by atoms with Crippen LogP contribution in [0.15, 0.2) is 90.2 Å². The molecule has 2 heterocycles. The van der Waals surface area contributed by atoms with Gasteiger partial charge in [-0.3, -0.25) is 10.1 Å². The molecule has 1 aliphatic heterocycles. The highest BCUT2D eigenvalue weighted by atomic mass is 35.5. The van der Waals surface area contributed by atoms with Gasteiger partial charge in [0, 0.05) is 22.2 Å². The second-order valence-corrected chi connectivity index (χ2v) is 10.7. The van der Waals surface area contributed by atoms with Crippen LogP contribution in [0.1, 0.15) is 17.5 Å². The van der Waals surface area contributed by atoms with Crippen molar-refractivity contribution in [3.8, 4) is 6.07 Å². The highest BCUT2D eigenvalue weighted by molar-refractivity contribution is 7.92. The first-order valence-electron chi connectivity index (χ1n) is 11.1. The highest BCUT2D eigenvalue weighted by Gasteiger charge is 2.47. The minimum absolute atomic E-state index is 0.0252. The summed E-state index contributed by atoms with van der Waals surface area (Å²) in [5, 5.41) is 15.7. The fraction of sp³-hybridized carbons (Fsp3) is 0.154. The van der Waals surface area contributed by atoms with Gasteiger partial charge in [0.15, 0.2) is 0 Å². The van der Waals surface area contributed by atoms with Gasteiger partial charge in [0.05, 0.1) is 29.9 Å². The van der Waals surface area contributed by atoms with Gasteiger partial charge in [0.1, 0.15) is 5.54 Å². The summed E-state index contributed by atoms with van der Waals surface area (Å²) in [6.45, 7) is 0. The van der Waals surface area contributed by atoms with Crippen molar-refractivity contribution < 1.29 is 13.2 Å². The number of rotatable bonds is 7. The molecule has 0 saturated heterocycles. The number of hydrogen-bond donors (Lipinski definition) is 2. The van der Waals surface area contributed by atoms with Gasteiger partial charge >= 0.3 is 0 Å². The lowest BCUT2D eigenvalue weighted by Crippen LogP contribution is -2.51. The molecule has 0 amide bonds. The number of sulfonamides is 1. The lowest BCUT2D eigenvalue weighted by Gasteiger charge is -2.38. The van der Waals surface area contributed by atoms with Crippen LogP contribution in [-0.4, -0.2) is 31.4 Å². The Kier molecular flexibility index (Phi) is 6.08. The van der Waals surface area contributed by atoms with E-state index in [1.807, 2.05) is 65.4 Å². The second kappa shape index (κ2) is 9.22. The number of nitriles is 1. The van der Waals surface area contributed by atoms with E-state index in [-0.39, 0.29) is 6.42 Å². The molecule has 0 bridgehead atoms. The predicted octanol–water partition coefficient (Wildman–Crippen LogP) is 4.63. The lowest BCUT2D eigenvalue weighted by atomic mass is 9.84. The van der Waals surface area contributed by atoms with Crippen LogP contribution in [0, 0.1) is 11.3 Å². The first-order chi connectivity index (χ1) is 17.3. The Hall–Kier alpha value is -4.00. The number of nitrogens with zero attached hydrogens (tertiary/aromatic N) is 3. The molecule has 3 aromatic carbocycles. The third-order valence-corrected chi connectivity index (χ3v) is 6.96. The normalized spacial score (nSPS) is 16.9. The first-order valence-corrected chi connectivity index (χ1v) is 13.4. The SMILES string of the molecule is CS(=O)(=O)Nc1cccc2c1ccn2C(CC#N)(c1ccc(Cl)cc1)C1NN=C(c2ccccc2)O1. The van der Waals surface area contributed by atoms with Crippen molar-refractivity contribution in [2.75, 3.05) is 11.0 Å². The van der Waals surface area contributed by atoms with Crippen molar-refractivity contribution in [3.63, 3.8) is 0 Å². The molecule has 1 aliphatic rings. The summed E-state index contributed by atoms with van der Waals surface area (Å²) in [5.41, 5.74) is 4.75. The van der Waals surface area contributed by atoms with E-state index < -0.39 is 21.8 Å². The van der Waals surface area contributed by atoms with E-state index in [4.69, 9.17) is 16.3 Å². The van der Waals surface area contributed by atoms with Gasteiger partial charge in [-0.05, 0) is 48.0 Å². The van der Waals surface area contributed by atoms with Crippen LogP contribution >= 0.6 is 11.6 Å². The van der Waals surface area contributed by atoms with E-state index in [2.05, 4.69) is 21.3 Å². The van der Waals surface area contributed by atoms with Gasteiger partial charge in [-0.2, -0.15) is 5.26 Å². The number of hydrazone groups is 1. The van der Waals surface area contributed by atoms with Crippen molar-refractivity contribution in [1.29, 1.82) is 5.26 Å². The fourth-order valence-corrected chi connectivity index (χ4v) is 5.26. The maximum atomic E-state index is 12.0. The topological polar surface area (TPSA) is 109 Å². The summed E-state index contributed by atoms with van der Waals surface area (Å²) in [5.74, 6) is 0.410. The molecule has 1 aromatic heterocycles. The van der Waals surface area contributed by atoms with Crippen molar-refractivity contribution >= 4 is 44.1 Å². The number of hydrogen-bond acceptors (Lipinski definition) is 6. The smallest absolute Gasteiger partial charge is 0.240 e.